The van der Waals surface area contributed by atoms with E-state index in [0.29, 0.717) is 36.0 Å². The Hall–Kier alpha value is -4.43. The molecule has 0 saturated heterocycles. The zero-order valence-corrected chi connectivity index (χ0v) is 23.0. The van der Waals surface area contributed by atoms with Crippen LogP contribution in [0.3, 0.4) is 0 Å². The van der Waals surface area contributed by atoms with Crippen LogP contribution in [0, 0.1) is 23.3 Å². The number of hydrogen-bond donors (Lipinski definition) is 1. The molecule has 0 saturated carbocycles. The minimum Gasteiger partial charge on any atom is -0.490 e. The van der Waals surface area contributed by atoms with Gasteiger partial charge in [-0.25, -0.2) is 13.6 Å². The maximum absolute atomic E-state index is 15.1. The standard InChI is InChI=1S/C34H30F4O4/c1-3-5-6-20-41-28-18-19-29(33(38)32(28)37)42-34(40)24-14-10-22(11-15-24)26-17-16-25(30(35)31(26)36)21-8-12-23(13-9-21)27(39)7-4-2/h3,8-19,27,39H,1,4-7,20H2,2H3. The Morgan fingerprint density at radius 2 is 1.36 bits per heavy atom. The van der Waals surface area contributed by atoms with E-state index < -0.39 is 41.1 Å². The van der Waals surface area contributed by atoms with Crippen LogP contribution in [0.1, 0.15) is 54.6 Å². The molecule has 0 fully saturated rings. The van der Waals surface area contributed by atoms with E-state index in [2.05, 4.69) is 6.58 Å². The van der Waals surface area contributed by atoms with Crippen molar-refractivity contribution in [1.82, 2.24) is 0 Å². The molecule has 0 spiro atoms. The average molecular weight is 579 g/mol. The van der Waals surface area contributed by atoms with Gasteiger partial charge in [0, 0.05) is 11.1 Å². The molecule has 8 heteroatoms. The molecule has 1 atom stereocenters. The number of aliphatic hydroxyl groups is 1. The summed E-state index contributed by atoms with van der Waals surface area (Å²) in [6.07, 6.45) is 3.71. The largest absolute Gasteiger partial charge is 0.490 e. The summed E-state index contributed by atoms with van der Waals surface area (Å²) >= 11 is 0. The summed E-state index contributed by atoms with van der Waals surface area (Å²) < 4.78 is 69.3. The van der Waals surface area contributed by atoms with Crippen molar-refractivity contribution in [2.24, 2.45) is 0 Å². The first-order chi connectivity index (χ1) is 20.2. The fraction of sp³-hybridized carbons (Fsp3) is 0.206. The van der Waals surface area contributed by atoms with Gasteiger partial charge in [-0.15, -0.1) is 6.58 Å². The van der Waals surface area contributed by atoms with Crippen LogP contribution < -0.4 is 9.47 Å². The van der Waals surface area contributed by atoms with Gasteiger partial charge in [0.2, 0.25) is 11.6 Å². The van der Waals surface area contributed by atoms with E-state index in [4.69, 9.17) is 9.47 Å². The third-order valence-corrected chi connectivity index (χ3v) is 6.71. The maximum atomic E-state index is 15.1. The molecule has 0 amide bonds. The number of halogens is 4. The molecule has 0 aromatic heterocycles. The molecular formula is C34H30F4O4. The predicted octanol–water partition coefficient (Wildman–Crippen LogP) is 8.97. The fourth-order valence-corrected chi connectivity index (χ4v) is 4.38. The topological polar surface area (TPSA) is 55.8 Å². The van der Waals surface area contributed by atoms with Gasteiger partial charge in [0.1, 0.15) is 0 Å². The highest BCUT2D eigenvalue weighted by atomic mass is 19.2. The lowest BCUT2D eigenvalue weighted by Gasteiger charge is -2.12. The van der Waals surface area contributed by atoms with Gasteiger partial charge < -0.3 is 14.6 Å². The fourth-order valence-electron chi connectivity index (χ4n) is 4.38. The molecular weight excluding hydrogens is 548 g/mol. The number of unbranched alkanes of at least 4 members (excludes halogenated alkanes) is 1. The molecule has 4 rings (SSSR count). The number of carbonyl (C=O) groups excluding carboxylic acids is 1. The van der Waals surface area contributed by atoms with Crippen molar-refractivity contribution in [3.63, 3.8) is 0 Å². The molecule has 218 valence electrons. The summed E-state index contributed by atoms with van der Waals surface area (Å²) in [7, 11) is 0. The molecule has 0 aliphatic rings. The second kappa shape index (κ2) is 14.0. The summed E-state index contributed by atoms with van der Waals surface area (Å²) in [6.45, 7) is 5.70. The zero-order valence-electron chi connectivity index (χ0n) is 23.0. The van der Waals surface area contributed by atoms with Gasteiger partial charge in [-0.1, -0.05) is 68.0 Å². The number of rotatable bonds is 12. The number of ether oxygens (including phenoxy) is 2. The third-order valence-electron chi connectivity index (χ3n) is 6.71. The minimum atomic E-state index is -1.37. The number of carbonyl (C=O) groups is 1. The van der Waals surface area contributed by atoms with Crippen molar-refractivity contribution < 1.29 is 36.9 Å². The highest BCUT2D eigenvalue weighted by Gasteiger charge is 2.20. The number of hydrogen-bond acceptors (Lipinski definition) is 4. The van der Waals surface area contributed by atoms with Gasteiger partial charge in [0.15, 0.2) is 23.1 Å². The molecule has 1 N–H and O–H groups in total. The van der Waals surface area contributed by atoms with Gasteiger partial charge in [-0.3, -0.25) is 0 Å². The number of esters is 1. The Morgan fingerprint density at radius 1 is 0.810 bits per heavy atom. The molecule has 4 nitrogen and oxygen atoms in total. The Bertz CT molecular complexity index is 1550. The number of benzene rings is 4. The Kier molecular flexibility index (Phi) is 10.1. The number of allylic oxidation sites excluding steroid dienone is 1. The molecule has 0 heterocycles. The number of aliphatic hydroxyl groups excluding tert-OH is 1. The Morgan fingerprint density at radius 3 is 1.93 bits per heavy atom. The summed E-state index contributed by atoms with van der Waals surface area (Å²) in [5.41, 5.74) is 1.48. The van der Waals surface area contributed by atoms with Gasteiger partial charge in [-0.2, -0.15) is 8.78 Å². The lowest BCUT2D eigenvalue weighted by molar-refractivity contribution is 0.0726. The maximum Gasteiger partial charge on any atom is 0.343 e. The summed E-state index contributed by atoms with van der Waals surface area (Å²) in [5, 5.41) is 10.1. The Balaban J connectivity index is 1.47. The second-order valence-electron chi connectivity index (χ2n) is 9.65. The van der Waals surface area contributed by atoms with Gasteiger partial charge in [-0.05, 0) is 60.2 Å². The predicted molar refractivity (Wildman–Crippen MR) is 153 cm³/mol. The monoisotopic (exact) mass is 578 g/mol. The van der Waals surface area contributed by atoms with Crippen LogP contribution in [-0.2, 0) is 0 Å². The first-order valence-corrected chi connectivity index (χ1v) is 13.6. The highest BCUT2D eigenvalue weighted by Crippen LogP contribution is 2.33. The molecule has 42 heavy (non-hydrogen) atoms. The summed E-state index contributed by atoms with van der Waals surface area (Å²) in [5.74, 6) is -6.63. The van der Waals surface area contributed by atoms with Crippen molar-refractivity contribution in [2.45, 2.75) is 38.7 Å². The molecule has 1 unspecified atom stereocenters. The van der Waals surface area contributed by atoms with Crippen molar-refractivity contribution in [1.29, 1.82) is 0 Å². The van der Waals surface area contributed by atoms with E-state index in [-0.39, 0.29) is 29.0 Å². The zero-order chi connectivity index (χ0) is 30.2. The Labute approximate surface area is 241 Å². The van der Waals surface area contributed by atoms with Crippen LogP contribution in [0.2, 0.25) is 0 Å². The van der Waals surface area contributed by atoms with Crippen molar-refractivity contribution in [3.8, 4) is 33.8 Å². The summed E-state index contributed by atoms with van der Waals surface area (Å²) in [6, 6.07) is 17.2. The van der Waals surface area contributed by atoms with E-state index in [1.807, 2.05) is 6.92 Å². The van der Waals surface area contributed by atoms with Crippen molar-refractivity contribution >= 4 is 5.97 Å². The van der Waals surface area contributed by atoms with E-state index in [1.54, 1.807) is 30.3 Å². The molecule has 0 radical (unpaired) electrons. The van der Waals surface area contributed by atoms with Gasteiger partial charge >= 0.3 is 5.97 Å². The lowest BCUT2D eigenvalue weighted by Crippen LogP contribution is -2.10. The second-order valence-corrected chi connectivity index (χ2v) is 9.65. The molecule has 0 bridgehead atoms. The van der Waals surface area contributed by atoms with Crippen LogP contribution in [0.25, 0.3) is 22.3 Å². The molecule has 4 aromatic rings. The van der Waals surface area contributed by atoms with Gasteiger partial charge in [0.25, 0.3) is 0 Å². The first kappa shape index (κ1) is 30.5. The molecule has 0 aliphatic carbocycles. The van der Waals surface area contributed by atoms with Crippen LogP contribution in [0.4, 0.5) is 17.6 Å². The third kappa shape index (κ3) is 6.89. The SMILES string of the molecule is C=CCCCOc1ccc(OC(=O)c2ccc(-c3ccc(-c4ccc(C(O)CCC)cc4)c(F)c3F)cc2)c(F)c1F. The van der Waals surface area contributed by atoms with Crippen LogP contribution in [-0.4, -0.2) is 17.7 Å². The average Bonchev–Trinajstić information content (AvgIpc) is 3.00. The van der Waals surface area contributed by atoms with E-state index in [1.165, 1.54) is 42.5 Å². The van der Waals surface area contributed by atoms with E-state index in [9.17, 15) is 18.7 Å². The van der Waals surface area contributed by atoms with E-state index >= 15 is 8.78 Å². The molecule has 0 aliphatic heterocycles. The minimum absolute atomic E-state index is 0.00818. The van der Waals surface area contributed by atoms with Crippen molar-refractivity contribution in [3.05, 3.63) is 120 Å². The van der Waals surface area contributed by atoms with E-state index in [0.717, 1.165) is 12.5 Å². The van der Waals surface area contributed by atoms with Crippen LogP contribution in [0.5, 0.6) is 11.5 Å². The quantitative estimate of drug-likeness (QED) is 0.0599. The highest BCUT2D eigenvalue weighted by molar-refractivity contribution is 5.91. The lowest BCUT2D eigenvalue weighted by atomic mass is 9.96. The van der Waals surface area contributed by atoms with Crippen LogP contribution >= 0.6 is 0 Å². The normalized spacial score (nSPS) is 11.7. The first-order valence-electron chi connectivity index (χ1n) is 13.6. The summed E-state index contributed by atoms with van der Waals surface area (Å²) in [4.78, 5) is 12.6. The van der Waals surface area contributed by atoms with Crippen LogP contribution in [0.15, 0.2) is 85.5 Å². The smallest absolute Gasteiger partial charge is 0.343 e. The van der Waals surface area contributed by atoms with Gasteiger partial charge in [0.05, 0.1) is 18.3 Å². The molecule has 4 aromatic carbocycles. The van der Waals surface area contributed by atoms with Crippen molar-refractivity contribution in [2.75, 3.05) is 6.61 Å².